The highest BCUT2D eigenvalue weighted by Crippen LogP contribution is 2.61. The van der Waals surface area contributed by atoms with Crippen molar-refractivity contribution >= 4 is 63.7 Å². The van der Waals surface area contributed by atoms with Crippen LogP contribution in [0.15, 0.2) is 157 Å². The molecule has 2 heterocycles. The van der Waals surface area contributed by atoms with Gasteiger partial charge in [-0.25, -0.2) is 0 Å². The van der Waals surface area contributed by atoms with Gasteiger partial charge in [-0.1, -0.05) is 152 Å². The van der Waals surface area contributed by atoms with Crippen molar-refractivity contribution in [3.63, 3.8) is 0 Å². The highest BCUT2D eigenvalue weighted by Gasteiger charge is 2.47. The number of aromatic nitrogens is 1. The zero-order valence-corrected chi connectivity index (χ0v) is 39.6. The van der Waals surface area contributed by atoms with E-state index in [0.717, 1.165) is 44.7 Å². The van der Waals surface area contributed by atoms with E-state index < -0.39 is 55.2 Å². The zero-order valence-electron chi connectivity index (χ0n) is 48.6. The Balaban J connectivity index is 1.17. The summed E-state index contributed by atoms with van der Waals surface area (Å²) in [6.07, 6.45) is 0. The second-order valence-corrected chi connectivity index (χ2v) is 26.0. The van der Waals surface area contributed by atoms with E-state index in [9.17, 15) is 2.74 Å². The van der Waals surface area contributed by atoms with E-state index in [0.29, 0.717) is 22.7 Å². The van der Waals surface area contributed by atoms with Crippen LogP contribution in [0.1, 0.15) is 95.6 Å². The standard InChI is InChI=1S/C60H59N3Si/c1-38-22-24-42(25-23-38)61(40-18-14-12-15-19-40)44-28-32-47-51(36-44)59(5,6)53-49-34-39(58(2,3)4)35-50-54-57(63(55(49)50)56(47)53)48-33-29-45(37-52(48)60(54,7)8)62(41-20-16-13-17-21-41)43-26-30-46(31-27-43)64(9,10)11/h12-37H,1-11H3/i12D,13D,14D,15D,16D,17D,18D,19D,20D,21D. The average Bonchev–Trinajstić information content (AvgIpc) is 4.02. The smallest absolute Gasteiger partial charge is 0.0775 e. The molecule has 0 aliphatic heterocycles. The maximum atomic E-state index is 9.22. The Morgan fingerprint density at radius 3 is 1.33 bits per heavy atom. The summed E-state index contributed by atoms with van der Waals surface area (Å²) in [5.41, 5.74) is 13.7. The van der Waals surface area contributed by atoms with Crippen LogP contribution in [0.25, 0.3) is 38.8 Å². The molecule has 2 aliphatic carbocycles. The van der Waals surface area contributed by atoms with Crippen LogP contribution in [-0.2, 0) is 16.2 Å². The van der Waals surface area contributed by atoms with Gasteiger partial charge in [0.1, 0.15) is 0 Å². The van der Waals surface area contributed by atoms with Gasteiger partial charge < -0.3 is 14.2 Å². The Morgan fingerprint density at radius 2 is 0.922 bits per heavy atom. The van der Waals surface area contributed by atoms with Crippen LogP contribution in [0, 0.1) is 6.92 Å². The first-order valence-electron chi connectivity index (χ1n) is 27.3. The van der Waals surface area contributed by atoms with Crippen LogP contribution in [0.2, 0.25) is 19.6 Å². The second-order valence-electron chi connectivity index (χ2n) is 20.9. The topological polar surface area (TPSA) is 10.9 Å². The quantitative estimate of drug-likeness (QED) is 0.148. The summed E-state index contributed by atoms with van der Waals surface area (Å²) >= 11 is 0. The normalized spacial score (nSPS) is 16.9. The summed E-state index contributed by atoms with van der Waals surface area (Å²) < 4.78 is 90.8. The molecular weight excluding hydrogens is 791 g/mol. The first kappa shape index (κ1) is 30.7. The molecule has 0 saturated heterocycles. The van der Waals surface area contributed by atoms with Crippen molar-refractivity contribution in [2.24, 2.45) is 0 Å². The van der Waals surface area contributed by atoms with Gasteiger partial charge in [0.05, 0.1) is 38.7 Å². The van der Waals surface area contributed by atoms with E-state index in [1.54, 1.807) is 4.90 Å². The molecule has 9 aromatic rings. The van der Waals surface area contributed by atoms with E-state index >= 15 is 0 Å². The van der Waals surface area contributed by atoms with Crippen LogP contribution < -0.4 is 15.0 Å². The predicted octanol–water partition coefficient (Wildman–Crippen LogP) is 16.2. The summed E-state index contributed by atoms with van der Waals surface area (Å²) in [6.45, 7) is 24.6. The van der Waals surface area contributed by atoms with Crippen LogP contribution >= 0.6 is 0 Å². The third-order valence-corrected chi connectivity index (χ3v) is 16.1. The Kier molecular flexibility index (Phi) is 6.62. The fourth-order valence-corrected chi connectivity index (χ4v) is 11.8. The van der Waals surface area contributed by atoms with Gasteiger partial charge in [0.25, 0.3) is 0 Å². The van der Waals surface area contributed by atoms with E-state index in [1.807, 2.05) is 60.4 Å². The molecule has 318 valence electrons. The summed E-state index contributed by atoms with van der Waals surface area (Å²) in [7, 11) is -1.71. The molecule has 4 heteroatoms. The van der Waals surface area contributed by atoms with Crippen molar-refractivity contribution in [2.45, 2.75) is 91.3 Å². The number of hydrogen-bond donors (Lipinski definition) is 0. The minimum atomic E-state index is -1.71. The Morgan fingerprint density at radius 1 is 0.516 bits per heavy atom. The van der Waals surface area contributed by atoms with Crippen molar-refractivity contribution in [1.29, 1.82) is 0 Å². The molecular formula is C60H59N3Si. The lowest BCUT2D eigenvalue weighted by Gasteiger charge is -2.29. The van der Waals surface area contributed by atoms with Crippen molar-refractivity contribution < 1.29 is 13.7 Å². The number of para-hydroxylation sites is 2. The summed E-state index contributed by atoms with van der Waals surface area (Å²) in [6, 6.07) is 29.8. The molecule has 0 radical (unpaired) electrons. The van der Waals surface area contributed by atoms with Gasteiger partial charge in [0.15, 0.2) is 0 Å². The highest BCUT2D eigenvalue weighted by molar-refractivity contribution is 6.88. The fourth-order valence-electron chi connectivity index (χ4n) is 10.7. The molecule has 0 amide bonds. The van der Waals surface area contributed by atoms with Crippen LogP contribution in [0.5, 0.6) is 0 Å². The van der Waals surface area contributed by atoms with Crippen molar-refractivity contribution in [1.82, 2.24) is 4.40 Å². The van der Waals surface area contributed by atoms with Gasteiger partial charge in [-0.05, 0) is 125 Å². The maximum absolute atomic E-state index is 9.22. The molecule has 3 nitrogen and oxygen atoms in total. The summed E-state index contributed by atoms with van der Waals surface area (Å²) in [5.74, 6) is 0. The zero-order chi connectivity index (χ0) is 53.4. The molecule has 0 atom stereocenters. The van der Waals surface area contributed by atoms with Crippen LogP contribution in [0.3, 0.4) is 0 Å². The van der Waals surface area contributed by atoms with Crippen molar-refractivity contribution in [2.75, 3.05) is 9.80 Å². The number of aryl methyl sites for hydroxylation is 1. The van der Waals surface area contributed by atoms with Crippen LogP contribution in [0.4, 0.5) is 34.1 Å². The SMILES string of the molecule is [2H]c1c([2H])c([2H])c(N(c2ccc(C)cc2)c2ccc3c(c2)C(C)(C)c2c-3n3c4c(c5cc(C(C)(C)C)cc2c53)C(C)(C)c2cc(N(c3ccc([Si](C)(C)C)cc3)c3c([2H])c([2H])c([2H])c([2H])c3[2H])ccc2-4)c([2H])c1[2H]. The van der Waals surface area contributed by atoms with Gasteiger partial charge >= 0.3 is 0 Å². The molecule has 2 aromatic heterocycles. The average molecular weight is 860 g/mol. The molecule has 7 aromatic carbocycles. The molecule has 0 saturated carbocycles. The first-order valence-corrected chi connectivity index (χ1v) is 25.8. The molecule has 11 rings (SSSR count). The molecule has 64 heavy (non-hydrogen) atoms. The Hall–Kier alpha value is -6.36. The van der Waals surface area contributed by atoms with Gasteiger partial charge in [-0.3, -0.25) is 0 Å². The number of nitrogens with zero attached hydrogens (tertiary/aromatic N) is 3. The summed E-state index contributed by atoms with van der Waals surface area (Å²) in [4.78, 5) is 3.62. The van der Waals surface area contributed by atoms with E-state index in [-0.39, 0.29) is 41.0 Å². The number of anilines is 6. The molecule has 0 N–H and O–H groups in total. The largest absolute Gasteiger partial charge is 0.310 e. The van der Waals surface area contributed by atoms with Gasteiger partial charge in [0, 0.05) is 66.9 Å². The lowest BCUT2D eigenvalue weighted by Crippen LogP contribution is -2.37. The van der Waals surface area contributed by atoms with E-state index in [2.05, 4.69) is 121 Å². The first-order chi connectivity index (χ1) is 34.6. The maximum Gasteiger partial charge on any atom is 0.0775 e. The number of hydrogen-bond acceptors (Lipinski definition) is 2. The predicted molar refractivity (Wildman–Crippen MR) is 277 cm³/mol. The number of rotatable bonds is 7. The monoisotopic (exact) mass is 860 g/mol. The van der Waals surface area contributed by atoms with Gasteiger partial charge in [0.2, 0.25) is 0 Å². The van der Waals surface area contributed by atoms with Gasteiger partial charge in [-0.15, -0.1) is 0 Å². The number of fused-ring (bicyclic) bond motifs is 10. The molecule has 2 aliphatic rings. The van der Waals surface area contributed by atoms with E-state index in [4.69, 9.17) is 11.0 Å². The second kappa shape index (κ2) is 13.8. The van der Waals surface area contributed by atoms with Crippen molar-refractivity contribution in [3.8, 4) is 22.5 Å². The van der Waals surface area contributed by atoms with Crippen molar-refractivity contribution in [3.05, 3.63) is 191 Å². The Labute approximate surface area is 395 Å². The minimum Gasteiger partial charge on any atom is -0.310 e. The third kappa shape index (κ3) is 5.91. The summed E-state index contributed by atoms with van der Waals surface area (Å²) in [5, 5.41) is 3.59. The minimum absolute atomic E-state index is 0.0770. The highest BCUT2D eigenvalue weighted by atomic mass is 28.3. The number of benzene rings is 7. The lowest BCUT2D eigenvalue weighted by atomic mass is 9.77. The Bertz CT molecular complexity index is 3820. The molecule has 0 bridgehead atoms. The molecule has 0 spiro atoms. The van der Waals surface area contributed by atoms with E-state index in [1.165, 1.54) is 32.6 Å². The molecule has 0 unspecified atom stereocenters. The van der Waals surface area contributed by atoms with Gasteiger partial charge in [-0.2, -0.15) is 0 Å². The lowest BCUT2D eigenvalue weighted by molar-refractivity contribution is 0.591. The van der Waals surface area contributed by atoms with Crippen LogP contribution in [-0.4, -0.2) is 12.5 Å². The molecule has 0 fully saturated rings. The third-order valence-electron chi connectivity index (χ3n) is 14.0. The fraction of sp³-hybridized carbons (Fsp3) is 0.233.